The lowest BCUT2D eigenvalue weighted by atomic mass is 10.3. The summed E-state index contributed by atoms with van der Waals surface area (Å²) in [6, 6.07) is 9.00. The molecule has 0 atom stereocenters. The second-order valence-electron chi connectivity index (χ2n) is 3.86. The fourth-order valence-corrected chi connectivity index (χ4v) is 2.21. The average molecular weight is 324 g/mol. The van der Waals surface area contributed by atoms with Crippen LogP contribution in [0.5, 0.6) is 0 Å². The highest BCUT2D eigenvalue weighted by Crippen LogP contribution is 2.18. The Morgan fingerprint density at radius 3 is 2.67 bits per heavy atom. The van der Waals surface area contributed by atoms with Crippen molar-refractivity contribution in [2.75, 3.05) is 11.1 Å². The molecule has 1 aromatic heterocycles. The molecule has 0 radical (unpaired) electrons. The largest absolute Gasteiger partial charge is 0.476 e. The Hall–Kier alpha value is -2.12. The van der Waals surface area contributed by atoms with Gasteiger partial charge in [-0.05, 0) is 12.1 Å². The molecule has 2 aromatic rings. The number of para-hydroxylation sites is 1. The maximum Gasteiger partial charge on any atom is 0.356 e. The van der Waals surface area contributed by atoms with E-state index in [1.54, 1.807) is 12.1 Å². The first-order valence-corrected chi connectivity index (χ1v) is 7.16. The van der Waals surface area contributed by atoms with Gasteiger partial charge >= 0.3 is 5.97 Å². The van der Waals surface area contributed by atoms with Crippen LogP contribution in [-0.2, 0) is 4.79 Å². The summed E-state index contributed by atoms with van der Waals surface area (Å²) >= 11 is 6.70. The number of thioether (sulfide) groups is 1. The number of aromatic nitrogens is 2. The van der Waals surface area contributed by atoms with E-state index in [0.717, 1.165) is 11.8 Å². The van der Waals surface area contributed by atoms with E-state index in [9.17, 15) is 9.59 Å². The summed E-state index contributed by atoms with van der Waals surface area (Å²) in [5.41, 5.74) is 0.406. The SMILES string of the molecule is O=C(CSc1ncc(Cl)c(C(=O)O)n1)Nc1ccccc1. The summed E-state index contributed by atoms with van der Waals surface area (Å²) in [7, 11) is 0. The molecule has 2 N–H and O–H groups in total. The zero-order valence-electron chi connectivity index (χ0n) is 10.6. The number of aromatic carboxylic acids is 1. The zero-order valence-corrected chi connectivity index (χ0v) is 12.2. The molecule has 21 heavy (non-hydrogen) atoms. The molecule has 0 bridgehead atoms. The number of anilines is 1. The minimum atomic E-state index is -1.24. The monoisotopic (exact) mass is 323 g/mol. The Balaban J connectivity index is 1.95. The van der Waals surface area contributed by atoms with Crippen molar-refractivity contribution in [3.63, 3.8) is 0 Å². The maximum absolute atomic E-state index is 11.7. The number of carboxylic acid groups (broad SMARTS) is 1. The summed E-state index contributed by atoms with van der Waals surface area (Å²) in [5.74, 6) is -1.41. The highest BCUT2D eigenvalue weighted by atomic mass is 35.5. The molecular formula is C13H10ClN3O3S. The predicted molar refractivity (Wildman–Crippen MR) is 79.8 cm³/mol. The first-order chi connectivity index (χ1) is 10.1. The van der Waals surface area contributed by atoms with Crippen LogP contribution >= 0.6 is 23.4 Å². The summed E-state index contributed by atoms with van der Waals surface area (Å²) in [5, 5.41) is 11.7. The Morgan fingerprint density at radius 2 is 2.00 bits per heavy atom. The Kier molecular flexibility index (Phi) is 5.13. The van der Waals surface area contributed by atoms with Gasteiger partial charge in [0, 0.05) is 5.69 Å². The van der Waals surface area contributed by atoms with Crippen LogP contribution in [-0.4, -0.2) is 32.7 Å². The van der Waals surface area contributed by atoms with Gasteiger partial charge in [-0.25, -0.2) is 14.8 Å². The second kappa shape index (κ2) is 7.05. The number of benzene rings is 1. The number of amides is 1. The van der Waals surface area contributed by atoms with E-state index in [1.807, 2.05) is 18.2 Å². The molecule has 6 nitrogen and oxygen atoms in total. The van der Waals surface area contributed by atoms with Crippen molar-refractivity contribution in [1.29, 1.82) is 0 Å². The van der Waals surface area contributed by atoms with Crippen molar-refractivity contribution in [2.45, 2.75) is 5.16 Å². The lowest BCUT2D eigenvalue weighted by Crippen LogP contribution is -2.14. The predicted octanol–water partition coefficient (Wildman–Crippen LogP) is 2.56. The van der Waals surface area contributed by atoms with E-state index >= 15 is 0 Å². The van der Waals surface area contributed by atoms with Crippen LogP contribution in [0, 0.1) is 0 Å². The molecule has 0 unspecified atom stereocenters. The molecule has 8 heteroatoms. The van der Waals surface area contributed by atoms with Crippen LogP contribution < -0.4 is 5.32 Å². The first-order valence-electron chi connectivity index (χ1n) is 5.80. The molecule has 0 aliphatic carbocycles. The van der Waals surface area contributed by atoms with Gasteiger partial charge in [0.15, 0.2) is 10.9 Å². The van der Waals surface area contributed by atoms with Gasteiger partial charge in [-0.1, -0.05) is 41.6 Å². The third-order valence-electron chi connectivity index (χ3n) is 2.31. The van der Waals surface area contributed by atoms with E-state index in [4.69, 9.17) is 16.7 Å². The fourth-order valence-electron chi connectivity index (χ4n) is 1.42. The molecule has 0 aliphatic rings. The highest BCUT2D eigenvalue weighted by molar-refractivity contribution is 7.99. The summed E-state index contributed by atoms with van der Waals surface area (Å²) in [6.07, 6.45) is 1.20. The van der Waals surface area contributed by atoms with E-state index in [2.05, 4.69) is 15.3 Å². The third-order valence-corrected chi connectivity index (χ3v) is 3.45. The standard InChI is InChI=1S/C13H10ClN3O3S/c14-9-6-15-13(17-11(9)12(19)20)21-7-10(18)16-8-4-2-1-3-5-8/h1-6H,7H2,(H,16,18)(H,19,20). The van der Waals surface area contributed by atoms with Gasteiger partial charge in [0.25, 0.3) is 0 Å². The molecule has 1 aromatic carbocycles. The molecule has 1 amide bonds. The van der Waals surface area contributed by atoms with Gasteiger partial charge in [-0.2, -0.15) is 0 Å². The van der Waals surface area contributed by atoms with Crippen LogP contribution in [0.25, 0.3) is 0 Å². The number of rotatable bonds is 5. The number of hydrogen-bond donors (Lipinski definition) is 2. The summed E-state index contributed by atoms with van der Waals surface area (Å²) in [4.78, 5) is 30.3. The van der Waals surface area contributed by atoms with Gasteiger partial charge < -0.3 is 10.4 Å². The number of halogens is 1. The number of nitrogens with zero attached hydrogens (tertiary/aromatic N) is 2. The third kappa shape index (κ3) is 4.44. The topological polar surface area (TPSA) is 92.2 Å². The van der Waals surface area contributed by atoms with Crippen molar-refractivity contribution < 1.29 is 14.7 Å². The van der Waals surface area contributed by atoms with Crippen LogP contribution in [0.15, 0.2) is 41.7 Å². The molecule has 0 saturated carbocycles. The molecule has 0 saturated heterocycles. The van der Waals surface area contributed by atoms with E-state index in [-0.39, 0.29) is 27.5 Å². The molecule has 0 spiro atoms. The zero-order chi connectivity index (χ0) is 15.2. The fraction of sp³-hybridized carbons (Fsp3) is 0.0769. The molecular weight excluding hydrogens is 314 g/mol. The number of nitrogens with one attached hydrogen (secondary N) is 1. The van der Waals surface area contributed by atoms with Crippen LogP contribution in [0.1, 0.15) is 10.5 Å². The average Bonchev–Trinajstić information content (AvgIpc) is 2.47. The van der Waals surface area contributed by atoms with Gasteiger partial charge in [0.1, 0.15) is 0 Å². The normalized spacial score (nSPS) is 10.1. The maximum atomic E-state index is 11.7. The first kappa shape index (κ1) is 15.3. The Bertz CT molecular complexity index is 667. The van der Waals surface area contributed by atoms with Crippen molar-refractivity contribution in [3.05, 3.63) is 47.2 Å². The molecule has 2 rings (SSSR count). The van der Waals surface area contributed by atoms with Gasteiger partial charge in [-0.15, -0.1) is 0 Å². The van der Waals surface area contributed by atoms with Crippen LogP contribution in [0.3, 0.4) is 0 Å². The minimum Gasteiger partial charge on any atom is -0.476 e. The number of hydrogen-bond acceptors (Lipinski definition) is 5. The van der Waals surface area contributed by atoms with Crippen molar-refractivity contribution in [2.24, 2.45) is 0 Å². The quantitative estimate of drug-likeness (QED) is 0.649. The molecule has 108 valence electrons. The van der Waals surface area contributed by atoms with Crippen molar-refractivity contribution >= 4 is 40.9 Å². The van der Waals surface area contributed by atoms with Crippen LogP contribution in [0.2, 0.25) is 5.02 Å². The molecule has 0 fully saturated rings. The summed E-state index contributed by atoms with van der Waals surface area (Å²) < 4.78 is 0. The lowest BCUT2D eigenvalue weighted by Gasteiger charge is -2.05. The molecule has 0 aliphatic heterocycles. The summed E-state index contributed by atoms with van der Waals surface area (Å²) in [6.45, 7) is 0. The highest BCUT2D eigenvalue weighted by Gasteiger charge is 2.13. The smallest absolute Gasteiger partial charge is 0.356 e. The minimum absolute atomic E-state index is 0.0411. The Morgan fingerprint density at radius 1 is 1.29 bits per heavy atom. The Labute approximate surface area is 129 Å². The van der Waals surface area contributed by atoms with E-state index in [1.165, 1.54) is 6.20 Å². The van der Waals surface area contributed by atoms with Crippen LogP contribution in [0.4, 0.5) is 5.69 Å². The number of carbonyl (C=O) groups is 2. The van der Waals surface area contributed by atoms with Crippen molar-refractivity contribution in [3.8, 4) is 0 Å². The van der Waals surface area contributed by atoms with E-state index in [0.29, 0.717) is 5.69 Å². The van der Waals surface area contributed by atoms with Gasteiger partial charge in [-0.3, -0.25) is 4.79 Å². The second-order valence-corrected chi connectivity index (χ2v) is 5.21. The van der Waals surface area contributed by atoms with Gasteiger partial charge in [0.05, 0.1) is 17.0 Å². The number of carbonyl (C=O) groups excluding carboxylic acids is 1. The van der Waals surface area contributed by atoms with Crippen molar-refractivity contribution in [1.82, 2.24) is 9.97 Å². The van der Waals surface area contributed by atoms with E-state index < -0.39 is 5.97 Å². The lowest BCUT2D eigenvalue weighted by molar-refractivity contribution is -0.113. The van der Waals surface area contributed by atoms with Gasteiger partial charge in [0.2, 0.25) is 5.91 Å². The molecule has 1 heterocycles. The number of carboxylic acids is 1.